The highest BCUT2D eigenvalue weighted by Gasteiger charge is 2.19. The van der Waals surface area contributed by atoms with E-state index in [0.717, 1.165) is 62.3 Å². The fraction of sp³-hybridized carbons (Fsp3) is 0.0476. The molecule has 0 amide bonds. The lowest BCUT2D eigenvalue weighted by Gasteiger charge is -2.25. The number of para-hydroxylation sites is 1. The molecule has 0 aliphatic carbocycles. The van der Waals surface area contributed by atoms with Crippen LogP contribution in [0.3, 0.4) is 0 Å². The van der Waals surface area contributed by atoms with E-state index in [-0.39, 0.29) is 12.0 Å². The summed E-state index contributed by atoms with van der Waals surface area (Å²) in [4.78, 5) is 32.8. The Labute approximate surface area is 321 Å². The van der Waals surface area contributed by atoms with Gasteiger partial charge in [0.05, 0.1) is 6.07 Å². The van der Waals surface area contributed by atoms with Crippen LogP contribution in [0, 0.1) is 28.6 Å². The molecule has 7 nitrogen and oxygen atoms in total. The summed E-state index contributed by atoms with van der Waals surface area (Å²) < 4.78 is 0. The molecule has 0 saturated heterocycles. The Hall–Kier alpha value is -6.08. The maximum Gasteiger partial charge on any atom is 0.346 e. The van der Waals surface area contributed by atoms with Crippen molar-refractivity contribution in [1.29, 1.82) is 10.5 Å². The minimum atomic E-state index is -1.24. The molecule has 0 spiro atoms. The van der Waals surface area contributed by atoms with Gasteiger partial charge in [0.2, 0.25) is 0 Å². The molecule has 7 rings (SSSR count). The Morgan fingerprint density at radius 1 is 0.604 bits per heavy atom. The van der Waals surface area contributed by atoms with E-state index < -0.39 is 17.9 Å². The Kier molecular flexibility index (Phi) is 10.4. The monoisotopic (exact) mass is 765 g/mol. The molecule has 1 unspecified atom stereocenters. The number of aliphatic carboxylic acids is 2. The fourth-order valence-electron chi connectivity index (χ4n) is 5.68. The molecule has 4 heterocycles. The van der Waals surface area contributed by atoms with Crippen LogP contribution in [0.2, 0.25) is 0 Å². The third kappa shape index (κ3) is 7.90. The van der Waals surface area contributed by atoms with Crippen LogP contribution in [0.25, 0.3) is 46.5 Å². The van der Waals surface area contributed by atoms with Crippen molar-refractivity contribution < 1.29 is 19.8 Å². The van der Waals surface area contributed by atoms with Crippen LogP contribution in [0.4, 0.5) is 17.1 Å². The second-order valence-electron chi connectivity index (χ2n) is 11.8. The third-order valence-corrected chi connectivity index (χ3v) is 13.1. The van der Waals surface area contributed by atoms with Crippen molar-refractivity contribution in [2.75, 3.05) is 4.90 Å². The number of carboxylic acids is 2. The Balaban J connectivity index is 1.10. The van der Waals surface area contributed by atoms with Crippen LogP contribution < -0.4 is 4.90 Å². The molecule has 0 radical (unpaired) electrons. The quantitative estimate of drug-likeness (QED) is 0.0937. The minimum absolute atomic E-state index is 0.200. The van der Waals surface area contributed by atoms with Crippen LogP contribution in [0.15, 0.2) is 133 Å². The van der Waals surface area contributed by atoms with Gasteiger partial charge in [-0.2, -0.15) is 10.5 Å². The average molecular weight is 766 g/mol. The molecule has 258 valence electrons. The van der Waals surface area contributed by atoms with Crippen molar-refractivity contribution in [2.24, 2.45) is 5.92 Å². The van der Waals surface area contributed by atoms with E-state index in [0.29, 0.717) is 4.88 Å². The van der Waals surface area contributed by atoms with Crippen molar-refractivity contribution in [3.05, 3.63) is 143 Å². The van der Waals surface area contributed by atoms with Crippen LogP contribution >= 0.6 is 45.3 Å². The summed E-state index contributed by atoms with van der Waals surface area (Å²) in [5.41, 5.74) is 4.95. The van der Waals surface area contributed by atoms with E-state index in [1.54, 1.807) is 28.7 Å². The summed E-state index contributed by atoms with van der Waals surface area (Å²) >= 11 is 6.31. The molecular weight excluding hydrogens is 739 g/mol. The molecule has 0 fully saturated rings. The van der Waals surface area contributed by atoms with Crippen molar-refractivity contribution in [3.8, 4) is 52.5 Å². The molecule has 1 atom stereocenters. The first-order valence-electron chi connectivity index (χ1n) is 16.2. The number of nitrogens with zero attached hydrogens (tertiary/aromatic N) is 3. The highest BCUT2D eigenvalue weighted by Crippen LogP contribution is 2.42. The van der Waals surface area contributed by atoms with Gasteiger partial charge in [-0.3, -0.25) is 4.79 Å². The Bertz CT molecular complexity index is 2530. The summed E-state index contributed by atoms with van der Waals surface area (Å²) in [6.45, 7) is 0. The first-order valence-corrected chi connectivity index (χ1v) is 19.5. The Morgan fingerprint density at radius 2 is 1.09 bits per heavy atom. The van der Waals surface area contributed by atoms with Crippen LogP contribution in [-0.4, -0.2) is 22.2 Å². The van der Waals surface area contributed by atoms with Gasteiger partial charge in [0.1, 0.15) is 17.6 Å². The average Bonchev–Trinajstić information content (AvgIpc) is 4.01. The van der Waals surface area contributed by atoms with Gasteiger partial charge in [-0.1, -0.05) is 42.5 Å². The molecule has 4 aromatic heterocycles. The molecule has 0 aliphatic rings. The Morgan fingerprint density at radius 3 is 1.62 bits per heavy atom. The summed E-state index contributed by atoms with van der Waals surface area (Å²) in [5, 5.41) is 36.7. The number of hydrogen-bond donors (Lipinski definition) is 2. The predicted octanol–water partition coefficient (Wildman–Crippen LogP) is 11.8. The van der Waals surface area contributed by atoms with E-state index in [2.05, 4.69) is 89.8 Å². The molecule has 0 aliphatic heterocycles. The number of hydrogen-bond acceptors (Lipinski definition) is 9. The van der Waals surface area contributed by atoms with Gasteiger partial charge in [0.15, 0.2) is 0 Å². The SMILES string of the molecule is N#C/C(=C\c1ccc(-c2ccc(-c3ccc(N(c4ccccc4)c4ccc(-c5ccc(-c6ccc(CC(C#N)C(=O)O)s6)s5)cc4)cc3)s2)s1)C(=O)O. The third-order valence-electron chi connectivity index (χ3n) is 8.32. The molecule has 7 aromatic rings. The zero-order chi connectivity index (χ0) is 36.9. The summed E-state index contributed by atoms with van der Waals surface area (Å²) in [6, 6.07) is 46.8. The van der Waals surface area contributed by atoms with Gasteiger partial charge in [0.25, 0.3) is 0 Å². The molecule has 2 N–H and O–H groups in total. The highest BCUT2D eigenvalue weighted by atomic mass is 32.1. The molecule has 3 aromatic carbocycles. The lowest BCUT2D eigenvalue weighted by Crippen LogP contribution is -2.13. The van der Waals surface area contributed by atoms with Gasteiger partial charge in [-0.05, 0) is 102 Å². The van der Waals surface area contributed by atoms with Crippen molar-refractivity contribution in [1.82, 2.24) is 0 Å². The van der Waals surface area contributed by atoms with Gasteiger partial charge in [0, 0.05) is 62.5 Å². The lowest BCUT2D eigenvalue weighted by molar-refractivity contribution is -0.139. The zero-order valence-corrected chi connectivity index (χ0v) is 30.9. The van der Waals surface area contributed by atoms with E-state index in [1.807, 2.05) is 48.5 Å². The molecule has 0 bridgehead atoms. The minimum Gasteiger partial charge on any atom is -0.480 e. The maximum absolute atomic E-state index is 11.3. The van der Waals surface area contributed by atoms with Crippen molar-refractivity contribution in [3.63, 3.8) is 0 Å². The number of thiophene rings is 4. The van der Waals surface area contributed by atoms with Crippen molar-refractivity contribution in [2.45, 2.75) is 6.42 Å². The second-order valence-corrected chi connectivity index (χ2v) is 16.2. The van der Waals surface area contributed by atoms with Gasteiger partial charge < -0.3 is 15.1 Å². The fourth-order valence-corrected chi connectivity index (χ4v) is 9.89. The largest absolute Gasteiger partial charge is 0.480 e. The van der Waals surface area contributed by atoms with E-state index in [9.17, 15) is 25.1 Å². The predicted molar refractivity (Wildman–Crippen MR) is 216 cm³/mol. The smallest absolute Gasteiger partial charge is 0.346 e. The number of nitriles is 2. The molecule has 53 heavy (non-hydrogen) atoms. The second kappa shape index (κ2) is 15.7. The number of anilines is 3. The van der Waals surface area contributed by atoms with E-state index in [4.69, 9.17) is 5.26 Å². The normalized spacial score (nSPS) is 11.8. The standard InChI is InChI=1S/C42H27N3O4S4/c43-24-28(41(46)47)22-33-14-16-37(50-33)39-20-18-35(52-39)26-6-10-31(11-7-26)45(30-4-2-1-3-5-30)32-12-8-27(9-13-32)36-19-21-40(53-36)38-17-15-34(51-38)23-29(25-44)42(48)49/h1-22,29H,23H2,(H,46,47)(H,48,49)/b28-22+. The summed E-state index contributed by atoms with van der Waals surface area (Å²) in [5.74, 6) is -3.38. The van der Waals surface area contributed by atoms with Crippen LogP contribution in [-0.2, 0) is 16.0 Å². The molecule has 11 heteroatoms. The number of carboxylic acid groups (broad SMARTS) is 2. The first kappa shape index (κ1) is 35.3. The van der Waals surface area contributed by atoms with Crippen LogP contribution in [0.1, 0.15) is 9.75 Å². The highest BCUT2D eigenvalue weighted by molar-refractivity contribution is 7.24. The van der Waals surface area contributed by atoms with Gasteiger partial charge >= 0.3 is 11.9 Å². The van der Waals surface area contributed by atoms with E-state index in [1.165, 1.54) is 28.7 Å². The van der Waals surface area contributed by atoms with Crippen molar-refractivity contribution >= 4 is 80.4 Å². The summed E-state index contributed by atoms with van der Waals surface area (Å²) in [7, 11) is 0. The van der Waals surface area contributed by atoms with Crippen LogP contribution in [0.5, 0.6) is 0 Å². The van der Waals surface area contributed by atoms with Gasteiger partial charge in [-0.15, -0.1) is 45.3 Å². The maximum atomic E-state index is 11.3. The number of carbonyl (C=O) groups is 2. The number of benzene rings is 3. The summed E-state index contributed by atoms with van der Waals surface area (Å²) in [6.07, 6.45) is 1.60. The molecule has 0 saturated carbocycles. The number of rotatable bonds is 12. The van der Waals surface area contributed by atoms with E-state index >= 15 is 0 Å². The first-order chi connectivity index (χ1) is 25.8. The zero-order valence-electron chi connectivity index (χ0n) is 27.7. The molecular formula is C42H27N3O4S4. The topological polar surface area (TPSA) is 125 Å². The lowest BCUT2D eigenvalue weighted by atomic mass is 10.1. The van der Waals surface area contributed by atoms with Gasteiger partial charge in [-0.25, -0.2) is 4.79 Å².